The Morgan fingerprint density at radius 1 is 1.02 bits per heavy atom. The predicted octanol–water partition coefficient (Wildman–Crippen LogP) is 7.14. The van der Waals surface area contributed by atoms with Crippen LogP contribution in [0.15, 0.2) is 42.6 Å². The van der Waals surface area contributed by atoms with Gasteiger partial charge in [-0.1, -0.05) is 6.07 Å². The number of aliphatic carboxylic acids is 1. The minimum atomic E-state index is -5.07. The number of amides is 1. The first-order chi connectivity index (χ1) is 21.9. The third kappa shape index (κ3) is 6.93. The van der Waals surface area contributed by atoms with Gasteiger partial charge in [0, 0.05) is 30.4 Å². The van der Waals surface area contributed by atoms with Crippen LogP contribution in [0.5, 0.6) is 5.75 Å². The van der Waals surface area contributed by atoms with Crippen LogP contribution in [-0.2, 0) is 34.8 Å². The average Bonchev–Trinajstić information content (AvgIpc) is 3.23. The molecule has 1 N–H and O–H groups in total. The zero-order valence-electron chi connectivity index (χ0n) is 25.9. The molecule has 3 aromatic rings. The van der Waals surface area contributed by atoms with Gasteiger partial charge in [-0.05, 0) is 75.1 Å². The van der Waals surface area contributed by atoms with Gasteiger partial charge in [-0.25, -0.2) is 14.8 Å². The highest BCUT2D eigenvalue weighted by atomic mass is 19.4. The van der Waals surface area contributed by atoms with Gasteiger partial charge in [-0.3, -0.25) is 9.69 Å². The Morgan fingerprint density at radius 3 is 2.19 bits per heavy atom. The number of carbonyl (C=O) groups excluding carboxylic acids is 1. The van der Waals surface area contributed by atoms with Gasteiger partial charge in [0.05, 0.1) is 41.9 Å². The minimum Gasteiger partial charge on any atom is -0.496 e. The summed E-state index contributed by atoms with van der Waals surface area (Å²) in [5.41, 5.74) is -2.65. The number of ether oxygens (including phenoxy) is 2. The quantitative estimate of drug-likeness (QED) is 0.241. The Kier molecular flexibility index (Phi) is 8.79. The van der Waals surface area contributed by atoms with Gasteiger partial charge in [0.2, 0.25) is 5.95 Å². The molecule has 1 amide bonds. The molecule has 0 aliphatic carbocycles. The maximum Gasteiger partial charge on any atom is 0.416 e. The van der Waals surface area contributed by atoms with Gasteiger partial charge < -0.3 is 19.5 Å². The van der Waals surface area contributed by atoms with Crippen LogP contribution in [0.2, 0.25) is 0 Å². The Balaban J connectivity index is 1.54. The summed E-state index contributed by atoms with van der Waals surface area (Å²) in [5.74, 6) is -0.208. The number of carboxylic acid groups (broad SMARTS) is 1. The SMILES string of the molecule is COc1ccc(CC(C)(C)C(=O)O)cc1-c1cnc(N2CCC2)nc1CN1C(=O)O[C@H](c2cc(C(F)(F)F)cc(C(F)(F)F)c2)[C@@H]1C. The first-order valence-corrected chi connectivity index (χ1v) is 14.7. The van der Waals surface area contributed by atoms with Crippen molar-refractivity contribution < 1.29 is 50.5 Å². The standard InChI is InChI=1S/C32H32F6N4O5/c1-17-26(19-11-20(31(33,34)35)13-21(12-19)32(36,37)38)47-29(45)42(17)16-24-23(15-39-28(40-24)41-8-5-9-41)22-10-18(6-7-25(22)46-4)14-30(2,3)27(43)44/h6-7,10-13,15,17,26H,5,8-9,14,16H2,1-4H3,(H,43,44)/t17-,26-/m0/s1. The Labute approximate surface area is 266 Å². The third-order valence-electron chi connectivity index (χ3n) is 8.42. The van der Waals surface area contributed by atoms with E-state index in [0.717, 1.165) is 6.42 Å². The fraction of sp³-hybridized carbons (Fsp3) is 0.438. The van der Waals surface area contributed by atoms with E-state index in [1.807, 2.05) is 4.90 Å². The number of aromatic nitrogens is 2. The van der Waals surface area contributed by atoms with Crippen LogP contribution in [0.25, 0.3) is 11.1 Å². The number of halogens is 6. The van der Waals surface area contributed by atoms with E-state index in [-0.39, 0.29) is 19.0 Å². The minimum absolute atomic E-state index is 0.0201. The molecule has 2 fully saturated rings. The zero-order valence-corrected chi connectivity index (χ0v) is 25.9. The van der Waals surface area contributed by atoms with Crippen LogP contribution >= 0.6 is 0 Å². The molecular formula is C32H32F6N4O5. The Morgan fingerprint density at radius 2 is 1.66 bits per heavy atom. The first-order valence-electron chi connectivity index (χ1n) is 14.7. The third-order valence-corrected chi connectivity index (χ3v) is 8.42. The van der Waals surface area contributed by atoms with Crippen molar-refractivity contribution in [3.63, 3.8) is 0 Å². The molecule has 2 atom stereocenters. The first kappa shape index (κ1) is 33.8. The Hall–Kier alpha value is -4.56. The number of rotatable bonds is 9. The van der Waals surface area contributed by atoms with E-state index in [1.165, 1.54) is 18.9 Å². The van der Waals surface area contributed by atoms with Gasteiger partial charge in [0.15, 0.2) is 0 Å². The molecule has 5 rings (SSSR count). The summed E-state index contributed by atoms with van der Waals surface area (Å²) < 4.78 is 92.5. The summed E-state index contributed by atoms with van der Waals surface area (Å²) in [6, 6.07) is 5.28. The molecule has 15 heteroatoms. The molecule has 47 heavy (non-hydrogen) atoms. The van der Waals surface area contributed by atoms with Crippen molar-refractivity contribution in [2.45, 2.75) is 64.7 Å². The molecule has 252 valence electrons. The zero-order chi connectivity index (χ0) is 34.5. The summed E-state index contributed by atoms with van der Waals surface area (Å²) in [7, 11) is 1.45. The second kappa shape index (κ2) is 12.2. The van der Waals surface area contributed by atoms with Crippen LogP contribution in [0.4, 0.5) is 37.1 Å². The lowest BCUT2D eigenvalue weighted by Crippen LogP contribution is -2.39. The lowest BCUT2D eigenvalue weighted by atomic mass is 9.85. The van der Waals surface area contributed by atoms with Gasteiger partial charge in [-0.2, -0.15) is 26.3 Å². The van der Waals surface area contributed by atoms with E-state index in [2.05, 4.69) is 4.98 Å². The van der Waals surface area contributed by atoms with E-state index in [0.29, 0.717) is 59.3 Å². The van der Waals surface area contributed by atoms with Crippen molar-refractivity contribution in [2.75, 3.05) is 25.1 Å². The van der Waals surface area contributed by atoms with Crippen molar-refractivity contribution in [3.8, 4) is 16.9 Å². The normalized spacial score (nSPS) is 18.6. The van der Waals surface area contributed by atoms with E-state index in [1.54, 1.807) is 38.2 Å². The molecule has 9 nitrogen and oxygen atoms in total. The highest BCUT2D eigenvalue weighted by molar-refractivity contribution is 5.76. The summed E-state index contributed by atoms with van der Waals surface area (Å²) in [6.45, 7) is 5.82. The van der Waals surface area contributed by atoms with Crippen molar-refractivity contribution in [1.29, 1.82) is 0 Å². The molecule has 1 aromatic heterocycles. The number of cyclic esters (lactones) is 1. The summed E-state index contributed by atoms with van der Waals surface area (Å²) >= 11 is 0. The second-order valence-corrected chi connectivity index (χ2v) is 12.3. The lowest BCUT2D eigenvalue weighted by molar-refractivity contribution is -0.147. The number of benzene rings is 2. The smallest absolute Gasteiger partial charge is 0.416 e. The van der Waals surface area contributed by atoms with Crippen LogP contribution in [0.3, 0.4) is 0 Å². The molecule has 0 spiro atoms. The average molecular weight is 667 g/mol. The highest BCUT2D eigenvalue weighted by Gasteiger charge is 2.44. The molecular weight excluding hydrogens is 634 g/mol. The molecule has 0 radical (unpaired) electrons. The number of hydrogen-bond acceptors (Lipinski definition) is 7. The molecule has 0 saturated carbocycles. The lowest BCUT2D eigenvalue weighted by Gasteiger charge is -2.31. The molecule has 0 unspecified atom stereocenters. The molecule has 2 aromatic carbocycles. The van der Waals surface area contributed by atoms with Crippen molar-refractivity contribution in [2.24, 2.45) is 5.41 Å². The maximum absolute atomic E-state index is 13.6. The van der Waals surface area contributed by atoms with Gasteiger partial charge in [-0.15, -0.1) is 0 Å². The van der Waals surface area contributed by atoms with Crippen LogP contribution in [-0.4, -0.2) is 58.3 Å². The summed E-state index contributed by atoms with van der Waals surface area (Å²) in [5, 5.41) is 9.66. The number of nitrogens with zero attached hydrogens (tertiary/aromatic N) is 4. The van der Waals surface area contributed by atoms with Crippen molar-refractivity contribution in [1.82, 2.24) is 14.9 Å². The van der Waals surface area contributed by atoms with Crippen LogP contribution in [0.1, 0.15) is 61.2 Å². The fourth-order valence-corrected chi connectivity index (χ4v) is 5.55. The fourth-order valence-electron chi connectivity index (χ4n) is 5.55. The molecule has 2 saturated heterocycles. The number of carbonyl (C=O) groups is 2. The van der Waals surface area contributed by atoms with E-state index in [9.17, 15) is 41.0 Å². The van der Waals surface area contributed by atoms with Gasteiger partial charge in [0.25, 0.3) is 0 Å². The van der Waals surface area contributed by atoms with Crippen molar-refractivity contribution in [3.05, 3.63) is 70.5 Å². The molecule has 3 heterocycles. The number of carboxylic acids is 1. The van der Waals surface area contributed by atoms with E-state index < -0.39 is 58.7 Å². The van der Waals surface area contributed by atoms with Gasteiger partial charge in [0.1, 0.15) is 11.9 Å². The predicted molar refractivity (Wildman–Crippen MR) is 157 cm³/mol. The highest BCUT2D eigenvalue weighted by Crippen LogP contribution is 2.42. The van der Waals surface area contributed by atoms with E-state index in [4.69, 9.17) is 14.5 Å². The number of methoxy groups -OCH3 is 1. The largest absolute Gasteiger partial charge is 0.496 e. The Bertz CT molecular complexity index is 1660. The van der Waals surface area contributed by atoms with E-state index >= 15 is 0 Å². The number of hydrogen-bond donors (Lipinski definition) is 1. The van der Waals surface area contributed by atoms with Crippen molar-refractivity contribution >= 4 is 18.0 Å². The number of anilines is 1. The molecule has 0 bridgehead atoms. The molecule has 2 aliphatic rings. The number of alkyl halides is 6. The van der Waals surface area contributed by atoms with Crippen LogP contribution in [0, 0.1) is 5.41 Å². The van der Waals surface area contributed by atoms with Crippen LogP contribution < -0.4 is 9.64 Å². The maximum atomic E-state index is 13.6. The molecule has 2 aliphatic heterocycles. The summed E-state index contributed by atoms with van der Waals surface area (Å²) in [6.07, 6.45) is -9.89. The second-order valence-electron chi connectivity index (χ2n) is 12.3. The summed E-state index contributed by atoms with van der Waals surface area (Å²) in [4.78, 5) is 37.3. The van der Waals surface area contributed by atoms with Gasteiger partial charge >= 0.3 is 24.4 Å². The monoisotopic (exact) mass is 666 g/mol. The topological polar surface area (TPSA) is 105 Å².